The third-order valence-corrected chi connectivity index (χ3v) is 6.23. The van der Waals surface area contributed by atoms with Crippen LogP contribution in [0.15, 0.2) is 24.3 Å². The van der Waals surface area contributed by atoms with Gasteiger partial charge in [0.1, 0.15) is 6.54 Å². The van der Waals surface area contributed by atoms with Crippen LogP contribution < -0.4 is 0 Å². The van der Waals surface area contributed by atoms with Gasteiger partial charge in [0.2, 0.25) is 11.7 Å². The van der Waals surface area contributed by atoms with E-state index in [0.717, 1.165) is 0 Å². The Morgan fingerprint density at radius 3 is 2.80 bits per heavy atom. The van der Waals surface area contributed by atoms with Crippen molar-refractivity contribution in [3.05, 3.63) is 29.3 Å². The molecule has 1 fully saturated rings. The fourth-order valence-electron chi connectivity index (χ4n) is 2.93. The van der Waals surface area contributed by atoms with Crippen LogP contribution in [0.2, 0.25) is 5.02 Å². The molecule has 2 heterocycles. The van der Waals surface area contributed by atoms with Crippen molar-refractivity contribution < 1.29 is 13.2 Å². The maximum absolute atomic E-state index is 12.5. The normalized spacial score (nSPS) is 19.0. The predicted molar refractivity (Wildman–Crippen MR) is 92.7 cm³/mol. The van der Waals surface area contributed by atoms with Crippen molar-refractivity contribution >= 4 is 27.3 Å². The summed E-state index contributed by atoms with van der Waals surface area (Å²) in [4.78, 5) is 15.3. The Labute approximate surface area is 150 Å². The number of benzene rings is 1. The summed E-state index contributed by atoms with van der Waals surface area (Å²) in [5, 5.41) is 12.5. The lowest BCUT2D eigenvalue weighted by molar-refractivity contribution is -0.133. The average molecular weight is 384 g/mol. The molecule has 1 saturated heterocycles. The molecule has 25 heavy (non-hydrogen) atoms. The molecule has 0 spiro atoms. The summed E-state index contributed by atoms with van der Waals surface area (Å²) in [6.07, 6.45) is 0.470. The molecule has 1 aromatic carbocycles. The summed E-state index contributed by atoms with van der Waals surface area (Å²) < 4.78 is 23.3. The number of hydrogen-bond acceptors (Lipinski definition) is 6. The molecule has 8 nitrogen and oxygen atoms in total. The topological polar surface area (TPSA) is 98.1 Å². The molecule has 1 atom stereocenters. The third-order valence-electron chi connectivity index (χ3n) is 4.15. The van der Waals surface area contributed by atoms with Crippen molar-refractivity contribution in [2.24, 2.45) is 0 Å². The molecule has 134 valence electrons. The zero-order chi connectivity index (χ0) is 18.0. The second-order valence-corrected chi connectivity index (χ2v) is 8.50. The number of aromatic nitrogens is 4. The summed E-state index contributed by atoms with van der Waals surface area (Å²) in [7, 11) is -3.05. The first-order chi connectivity index (χ1) is 11.9. The molecule has 0 bridgehead atoms. The van der Waals surface area contributed by atoms with E-state index >= 15 is 0 Å². The largest absolute Gasteiger partial charge is 0.337 e. The van der Waals surface area contributed by atoms with Gasteiger partial charge in [-0.05, 0) is 30.7 Å². The van der Waals surface area contributed by atoms with Gasteiger partial charge in [-0.15, -0.1) is 10.2 Å². The number of carbonyl (C=O) groups excluding carboxylic acids is 1. The fourth-order valence-corrected chi connectivity index (χ4v) is 4.88. The van der Waals surface area contributed by atoms with Gasteiger partial charge >= 0.3 is 0 Å². The van der Waals surface area contributed by atoms with E-state index in [9.17, 15) is 13.2 Å². The van der Waals surface area contributed by atoms with Crippen molar-refractivity contribution in [2.45, 2.75) is 25.9 Å². The summed E-state index contributed by atoms with van der Waals surface area (Å²) in [6, 6.07) is 6.82. The fraction of sp³-hybridized carbons (Fsp3) is 0.467. The highest BCUT2D eigenvalue weighted by atomic mass is 35.5. The minimum Gasteiger partial charge on any atom is -0.337 e. The van der Waals surface area contributed by atoms with Crippen LogP contribution in [-0.2, 0) is 21.2 Å². The van der Waals surface area contributed by atoms with Gasteiger partial charge in [0.15, 0.2) is 9.84 Å². The molecule has 1 aliphatic rings. The van der Waals surface area contributed by atoms with Crippen LogP contribution in [0.3, 0.4) is 0 Å². The van der Waals surface area contributed by atoms with Crippen LogP contribution in [-0.4, -0.2) is 63.5 Å². The van der Waals surface area contributed by atoms with Crippen LogP contribution in [0.1, 0.15) is 13.3 Å². The first-order valence-corrected chi connectivity index (χ1v) is 10.1. The molecule has 1 amide bonds. The second-order valence-electron chi connectivity index (χ2n) is 5.86. The average Bonchev–Trinajstić information content (AvgIpc) is 3.15. The lowest BCUT2D eigenvalue weighted by Gasteiger charge is -2.26. The Kier molecular flexibility index (Phi) is 5.05. The van der Waals surface area contributed by atoms with Crippen LogP contribution in [0.25, 0.3) is 11.4 Å². The second kappa shape index (κ2) is 7.09. The van der Waals surface area contributed by atoms with Crippen molar-refractivity contribution in [2.75, 3.05) is 18.1 Å². The van der Waals surface area contributed by atoms with Crippen molar-refractivity contribution in [3.63, 3.8) is 0 Å². The van der Waals surface area contributed by atoms with Gasteiger partial charge in [0.25, 0.3) is 0 Å². The van der Waals surface area contributed by atoms with E-state index in [4.69, 9.17) is 11.6 Å². The Bertz CT molecular complexity index is 883. The molecule has 10 heteroatoms. The van der Waals surface area contributed by atoms with Crippen LogP contribution in [0.5, 0.6) is 0 Å². The van der Waals surface area contributed by atoms with E-state index in [1.807, 2.05) is 13.0 Å². The number of tetrazole rings is 1. The summed E-state index contributed by atoms with van der Waals surface area (Å²) in [5.41, 5.74) is 0.636. The van der Waals surface area contributed by atoms with Crippen LogP contribution in [0, 0.1) is 0 Å². The van der Waals surface area contributed by atoms with E-state index in [-0.39, 0.29) is 30.0 Å². The highest BCUT2D eigenvalue weighted by Gasteiger charge is 2.34. The number of amides is 1. The molecule has 1 aliphatic heterocycles. The highest BCUT2D eigenvalue weighted by molar-refractivity contribution is 7.91. The van der Waals surface area contributed by atoms with E-state index in [2.05, 4.69) is 15.4 Å². The number of halogens is 1. The van der Waals surface area contributed by atoms with E-state index < -0.39 is 9.84 Å². The molecule has 0 N–H and O–H groups in total. The number of hydrogen-bond donors (Lipinski definition) is 0. The number of likely N-dealkylation sites (N-methyl/N-ethyl adjacent to an activating group) is 1. The molecular formula is C15H18ClN5O3S. The quantitative estimate of drug-likeness (QED) is 0.764. The molecule has 0 aliphatic carbocycles. The molecule has 0 saturated carbocycles. The van der Waals surface area contributed by atoms with Crippen molar-refractivity contribution in [3.8, 4) is 11.4 Å². The Hall–Kier alpha value is -2.00. The molecule has 1 aromatic heterocycles. The summed E-state index contributed by atoms with van der Waals surface area (Å²) >= 11 is 6.11. The van der Waals surface area contributed by atoms with Gasteiger partial charge in [-0.25, -0.2) is 8.42 Å². The van der Waals surface area contributed by atoms with E-state index in [1.165, 1.54) is 4.80 Å². The van der Waals surface area contributed by atoms with Gasteiger partial charge in [-0.3, -0.25) is 4.79 Å². The monoisotopic (exact) mass is 383 g/mol. The van der Waals surface area contributed by atoms with Gasteiger partial charge in [0, 0.05) is 18.2 Å². The predicted octanol–water partition coefficient (Wildman–Crippen LogP) is 1.03. The molecule has 2 aromatic rings. The minimum atomic E-state index is -3.05. The molecule has 0 radical (unpaired) electrons. The third kappa shape index (κ3) is 3.98. The van der Waals surface area contributed by atoms with Crippen molar-refractivity contribution in [1.29, 1.82) is 0 Å². The molecule has 3 rings (SSSR count). The van der Waals surface area contributed by atoms with Gasteiger partial charge < -0.3 is 4.90 Å². The van der Waals surface area contributed by atoms with Crippen LogP contribution >= 0.6 is 11.6 Å². The zero-order valence-electron chi connectivity index (χ0n) is 13.7. The highest BCUT2D eigenvalue weighted by Crippen LogP contribution is 2.23. The maximum atomic E-state index is 12.5. The summed E-state index contributed by atoms with van der Waals surface area (Å²) in [6.45, 7) is 2.17. The zero-order valence-corrected chi connectivity index (χ0v) is 15.2. The number of nitrogens with zero attached hydrogens (tertiary/aromatic N) is 5. The number of carbonyl (C=O) groups is 1. The van der Waals surface area contributed by atoms with Gasteiger partial charge in [0.05, 0.1) is 16.5 Å². The molecular weight excluding hydrogens is 366 g/mol. The smallest absolute Gasteiger partial charge is 0.246 e. The first kappa shape index (κ1) is 17.8. The van der Waals surface area contributed by atoms with Gasteiger partial charge in [-0.2, -0.15) is 4.80 Å². The SMILES string of the molecule is CCN(C(=O)Cn1nnc(-c2ccccc2Cl)n1)[C@H]1CCS(=O)(=O)C1. The number of sulfone groups is 1. The number of rotatable bonds is 5. The Morgan fingerprint density at radius 2 is 2.16 bits per heavy atom. The maximum Gasteiger partial charge on any atom is 0.246 e. The van der Waals surface area contributed by atoms with E-state index in [1.54, 1.807) is 23.1 Å². The standard InChI is InChI=1S/C15H18ClN5O3S/c1-2-20(11-7-8-25(23,24)10-11)14(22)9-21-18-15(17-19-21)12-5-3-4-6-13(12)16/h3-6,11H,2,7-10H2,1H3/t11-/m0/s1. The van der Waals surface area contributed by atoms with Gasteiger partial charge in [-0.1, -0.05) is 23.7 Å². The lowest BCUT2D eigenvalue weighted by atomic mass is 10.2. The first-order valence-electron chi connectivity index (χ1n) is 7.92. The Balaban J connectivity index is 1.72. The van der Waals surface area contributed by atoms with E-state index in [0.29, 0.717) is 29.4 Å². The van der Waals surface area contributed by atoms with Crippen molar-refractivity contribution in [1.82, 2.24) is 25.1 Å². The summed E-state index contributed by atoms with van der Waals surface area (Å²) in [5.74, 6) is 0.250. The van der Waals surface area contributed by atoms with Crippen LogP contribution in [0.4, 0.5) is 0 Å². The molecule has 0 unspecified atom stereocenters. The minimum absolute atomic E-state index is 0.0161. The lowest BCUT2D eigenvalue weighted by Crippen LogP contribution is -2.42. The Morgan fingerprint density at radius 1 is 1.40 bits per heavy atom.